The lowest BCUT2D eigenvalue weighted by atomic mass is 9.81. The Morgan fingerprint density at radius 2 is 2.36 bits per heavy atom. The highest BCUT2D eigenvalue weighted by molar-refractivity contribution is 5.80. The van der Waals surface area contributed by atoms with E-state index in [1.54, 1.807) is 14.0 Å². The van der Waals surface area contributed by atoms with Crippen LogP contribution in [0.3, 0.4) is 0 Å². The summed E-state index contributed by atoms with van der Waals surface area (Å²) < 4.78 is 10.2. The van der Waals surface area contributed by atoms with Gasteiger partial charge in [0.2, 0.25) is 0 Å². The molecule has 1 rings (SSSR count). The SMILES string of the molecule is CCOC(=O)C1(N)CCCC(OC)C1. The molecule has 1 aliphatic carbocycles. The van der Waals surface area contributed by atoms with Gasteiger partial charge < -0.3 is 15.2 Å². The van der Waals surface area contributed by atoms with E-state index in [1.807, 2.05) is 0 Å². The van der Waals surface area contributed by atoms with Gasteiger partial charge in [0.25, 0.3) is 0 Å². The molecule has 1 fully saturated rings. The summed E-state index contributed by atoms with van der Waals surface area (Å²) in [7, 11) is 1.65. The Bertz CT molecular complexity index is 208. The maximum Gasteiger partial charge on any atom is 0.326 e. The first kappa shape index (κ1) is 11.5. The van der Waals surface area contributed by atoms with Gasteiger partial charge in [-0.1, -0.05) is 0 Å². The maximum absolute atomic E-state index is 11.6. The van der Waals surface area contributed by atoms with Crippen LogP contribution in [0.2, 0.25) is 0 Å². The highest BCUT2D eigenvalue weighted by Crippen LogP contribution is 2.28. The highest BCUT2D eigenvalue weighted by atomic mass is 16.5. The molecule has 0 bridgehead atoms. The molecule has 0 radical (unpaired) electrons. The minimum atomic E-state index is -0.824. The molecule has 2 unspecified atom stereocenters. The zero-order chi connectivity index (χ0) is 10.6. The average Bonchev–Trinajstić information content (AvgIpc) is 2.18. The number of carbonyl (C=O) groups excluding carboxylic acids is 1. The number of carbonyl (C=O) groups is 1. The van der Waals surface area contributed by atoms with Crippen molar-refractivity contribution in [1.29, 1.82) is 0 Å². The van der Waals surface area contributed by atoms with Gasteiger partial charge in [-0.3, -0.25) is 4.79 Å². The minimum Gasteiger partial charge on any atom is -0.465 e. The summed E-state index contributed by atoms with van der Waals surface area (Å²) in [5.74, 6) is -0.290. The van der Waals surface area contributed by atoms with Crippen molar-refractivity contribution >= 4 is 5.97 Å². The number of nitrogens with two attached hydrogens (primary N) is 1. The number of methoxy groups -OCH3 is 1. The lowest BCUT2D eigenvalue weighted by Gasteiger charge is -2.34. The fourth-order valence-electron chi connectivity index (χ4n) is 1.92. The van der Waals surface area contributed by atoms with Crippen molar-refractivity contribution in [3.63, 3.8) is 0 Å². The van der Waals surface area contributed by atoms with Crippen LogP contribution >= 0.6 is 0 Å². The predicted molar refractivity (Wildman–Crippen MR) is 52.8 cm³/mol. The molecule has 0 aromatic heterocycles. The first-order chi connectivity index (χ1) is 6.62. The van der Waals surface area contributed by atoms with Crippen LogP contribution in [-0.2, 0) is 14.3 Å². The summed E-state index contributed by atoms with van der Waals surface area (Å²) in [4.78, 5) is 11.6. The lowest BCUT2D eigenvalue weighted by molar-refractivity contribution is -0.152. The summed E-state index contributed by atoms with van der Waals surface area (Å²) in [5.41, 5.74) is 5.18. The molecule has 4 heteroatoms. The maximum atomic E-state index is 11.6. The zero-order valence-corrected chi connectivity index (χ0v) is 8.91. The Balaban J connectivity index is 2.58. The summed E-state index contributed by atoms with van der Waals surface area (Å²) in [6.07, 6.45) is 3.27. The molecule has 1 aliphatic rings. The van der Waals surface area contributed by atoms with Crippen molar-refractivity contribution < 1.29 is 14.3 Å². The zero-order valence-electron chi connectivity index (χ0n) is 8.91. The van der Waals surface area contributed by atoms with E-state index >= 15 is 0 Å². The van der Waals surface area contributed by atoms with Crippen LogP contribution in [0.15, 0.2) is 0 Å². The smallest absolute Gasteiger partial charge is 0.326 e. The van der Waals surface area contributed by atoms with E-state index in [0.717, 1.165) is 12.8 Å². The van der Waals surface area contributed by atoms with Crippen LogP contribution in [0.25, 0.3) is 0 Å². The van der Waals surface area contributed by atoms with Gasteiger partial charge in [-0.2, -0.15) is 0 Å². The van der Waals surface area contributed by atoms with Gasteiger partial charge in [0.1, 0.15) is 5.54 Å². The topological polar surface area (TPSA) is 61.5 Å². The molecule has 0 saturated heterocycles. The normalized spacial score (nSPS) is 32.6. The van der Waals surface area contributed by atoms with E-state index in [2.05, 4.69) is 0 Å². The summed E-state index contributed by atoms with van der Waals surface area (Å²) >= 11 is 0. The Morgan fingerprint density at radius 3 is 2.93 bits per heavy atom. The van der Waals surface area contributed by atoms with Crippen molar-refractivity contribution in [2.75, 3.05) is 13.7 Å². The number of ether oxygens (including phenoxy) is 2. The van der Waals surface area contributed by atoms with Crippen LogP contribution in [0.4, 0.5) is 0 Å². The number of hydrogen-bond acceptors (Lipinski definition) is 4. The van der Waals surface area contributed by atoms with Crippen molar-refractivity contribution in [2.24, 2.45) is 5.73 Å². The molecule has 2 N–H and O–H groups in total. The van der Waals surface area contributed by atoms with Crippen molar-refractivity contribution in [3.8, 4) is 0 Å². The summed E-state index contributed by atoms with van der Waals surface area (Å²) in [6.45, 7) is 2.17. The van der Waals surface area contributed by atoms with Crippen molar-refractivity contribution in [2.45, 2.75) is 44.2 Å². The largest absolute Gasteiger partial charge is 0.465 e. The van der Waals surface area contributed by atoms with E-state index in [4.69, 9.17) is 15.2 Å². The first-order valence-electron chi connectivity index (χ1n) is 5.11. The van der Waals surface area contributed by atoms with Crippen LogP contribution in [-0.4, -0.2) is 31.3 Å². The predicted octanol–water partition coefficient (Wildman–Crippen LogP) is 0.836. The Hall–Kier alpha value is -0.610. The molecule has 1 saturated carbocycles. The highest BCUT2D eigenvalue weighted by Gasteiger charge is 2.40. The Labute approximate surface area is 84.7 Å². The second kappa shape index (κ2) is 4.75. The molecule has 0 amide bonds. The van der Waals surface area contributed by atoms with Gasteiger partial charge in [0.05, 0.1) is 12.7 Å². The van der Waals surface area contributed by atoms with E-state index in [9.17, 15) is 4.79 Å². The van der Waals surface area contributed by atoms with E-state index < -0.39 is 5.54 Å². The molecular formula is C10H19NO3. The molecular weight excluding hydrogens is 182 g/mol. The van der Waals surface area contributed by atoms with Gasteiger partial charge in [0, 0.05) is 13.5 Å². The minimum absolute atomic E-state index is 0.0955. The fourth-order valence-corrected chi connectivity index (χ4v) is 1.92. The van der Waals surface area contributed by atoms with Gasteiger partial charge in [-0.15, -0.1) is 0 Å². The van der Waals surface area contributed by atoms with Gasteiger partial charge in [-0.25, -0.2) is 0 Å². The van der Waals surface area contributed by atoms with Gasteiger partial charge >= 0.3 is 5.97 Å². The standard InChI is InChI=1S/C10H19NO3/c1-3-14-9(12)10(11)6-4-5-8(7-10)13-2/h8H,3-7,11H2,1-2H3. The summed E-state index contributed by atoms with van der Waals surface area (Å²) in [6, 6.07) is 0. The first-order valence-corrected chi connectivity index (χ1v) is 5.11. The summed E-state index contributed by atoms with van der Waals surface area (Å²) in [5, 5.41) is 0. The van der Waals surface area contributed by atoms with Crippen LogP contribution in [0.5, 0.6) is 0 Å². The lowest BCUT2D eigenvalue weighted by Crippen LogP contribution is -2.53. The molecule has 0 aromatic rings. The van der Waals surface area contributed by atoms with Crippen LogP contribution in [0, 0.1) is 0 Å². The molecule has 0 aromatic carbocycles. The third-order valence-corrected chi connectivity index (χ3v) is 2.76. The monoisotopic (exact) mass is 201 g/mol. The third kappa shape index (κ3) is 2.45. The number of rotatable bonds is 3. The average molecular weight is 201 g/mol. The number of esters is 1. The van der Waals surface area contributed by atoms with Gasteiger partial charge in [-0.05, 0) is 26.2 Å². The van der Waals surface area contributed by atoms with Gasteiger partial charge in [0.15, 0.2) is 0 Å². The molecule has 4 nitrogen and oxygen atoms in total. The van der Waals surface area contributed by atoms with Crippen LogP contribution in [0.1, 0.15) is 32.6 Å². The Kier molecular flexibility index (Phi) is 3.89. The molecule has 2 atom stereocenters. The van der Waals surface area contributed by atoms with E-state index in [1.165, 1.54) is 0 Å². The molecule has 0 aliphatic heterocycles. The molecule has 14 heavy (non-hydrogen) atoms. The molecule has 82 valence electrons. The quantitative estimate of drug-likeness (QED) is 0.687. The Morgan fingerprint density at radius 1 is 1.64 bits per heavy atom. The fraction of sp³-hybridized carbons (Fsp3) is 0.900. The van der Waals surface area contributed by atoms with Crippen molar-refractivity contribution in [3.05, 3.63) is 0 Å². The molecule has 0 spiro atoms. The number of hydrogen-bond donors (Lipinski definition) is 1. The second-order valence-electron chi connectivity index (χ2n) is 3.83. The molecule has 0 heterocycles. The third-order valence-electron chi connectivity index (χ3n) is 2.76. The van der Waals surface area contributed by atoms with E-state index in [-0.39, 0.29) is 12.1 Å². The van der Waals surface area contributed by atoms with E-state index in [0.29, 0.717) is 19.4 Å². The van der Waals surface area contributed by atoms with Crippen molar-refractivity contribution in [1.82, 2.24) is 0 Å². The van der Waals surface area contributed by atoms with Crippen LogP contribution < -0.4 is 5.73 Å². The second-order valence-corrected chi connectivity index (χ2v) is 3.83.